The highest BCUT2D eigenvalue weighted by Gasteiger charge is 1.95. The quantitative estimate of drug-likeness (QED) is 0.695. The Labute approximate surface area is 107 Å². The molecule has 0 aliphatic rings. The second-order valence-corrected chi connectivity index (χ2v) is 4.10. The Bertz CT molecular complexity index is 526. The Hall–Kier alpha value is -1.75. The van der Waals surface area contributed by atoms with Gasteiger partial charge >= 0.3 is 0 Å². The molecular weight excluding hydrogens is 285 g/mol. The molecule has 5 heteroatoms. The average Bonchev–Trinajstić information content (AvgIpc) is 2.34. The van der Waals surface area contributed by atoms with E-state index in [1.165, 1.54) is 12.1 Å². The standard InChI is InChI=1S/C12H9BrFN3/c13-11-2-1-7-15-12(11)8-16-17-10-5-3-9(14)4-6-10/h1-8,17H/b16-8-. The fourth-order valence-corrected chi connectivity index (χ4v) is 1.54. The Morgan fingerprint density at radius 2 is 2.00 bits per heavy atom. The van der Waals surface area contributed by atoms with E-state index in [1.807, 2.05) is 12.1 Å². The first kappa shape index (κ1) is 11.7. The number of halogens is 2. The van der Waals surface area contributed by atoms with E-state index in [-0.39, 0.29) is 5.82 Å². The average molecular weight is 294 g/mol. The van der Waals surface area contributed by atoms with Gasteiger partial charge in [0, 0.05) is 10.7 Å². The Morgan fingerprint density at radius 1 is 1.24 bits per heavy atom. The minimum atomic E-state index is -0.271. The molecule has 3 nitrogen and oxygen atoms in total. The fourth-order valence-electron chi connectivity index (χ4n) is 1.19. The zero-order valence-corrected chi connectivity index (χ0v) is 10.4. The molecule has 0 amide bonds. The lowest BCUT2D eigenvalue weighted by molar-refractivity contribution is 0.628. The summed E-state index contributed by atoms with van der Waals surface area (Å²) in [5.74, 6) is -0.271. The largest absolute Gasteiger partial charge is 0.278 e. The molecule has 0 unspecified atom stereocenters. The SMILES string of the molecule is Fc1ccc(N/N=C\c2ncccc2Br)cc1. The van der Waals surface area contributed by atoms with Gasteiger partial charge in [-0.05, 0) is 52.3 Å². The van der Waals surface area contributed by atoms with E-state index in [1.54, 1.807) is 24.5 Å². The van der Waals surface area contributed by atoms with Crippen molar-refractivity contribution in [3.8, 4) is 0 Å². The predicted octanol–water partition coefficient (Wildman–Crippen LogP) is 3.43. The highest BCUT2D eigenvalue weighted by atomic mass is 79.9. The molecule has 0 saturated carbocycles. The van der Waals surface area contributed by atoms with Crippen LogP contribution < -0.4 is 5.43 Å². The molecule has 0 aliphatic heterocycles. The van der Waals surface area contributed by atoms with Crippen molar-refractivity contribution in [2.24, 2.45) is 5.10 Å². The number of hydrogen-bond donors (Lipinski definition) is 1. The Balaban J connectivity index is 2.03. The van der Waals surface area contributed by atoms with Gasteiger partial charge in [0.15, 0.2) is 0 Å². The van der Waals surface area contributed by atoms with Crippen LogP contribution in [0.4, 0.5) is 10.1 Å². The van der Waals surface area contributed by atoms with Gasteiger partial charge in [0.05, 0.1) is 17.6 Å². The minimum Gasteiger partial charge on any atom is -0.278 e. The zero-order chi connectivity index (χ0) is 12.1. The van der Waals surface area contributed by atoms with Crippen LogP contribution in [0.25, 0.3) is 0 Å². The number of aromatic nitrogens is 1. The number of benzene rings is 1. The molecule has 1 aromatic heterocycles. The van der Waals surface area contributed by atoms with Crippen LogP contribution >= 0.6 is 15.9 Å². The topological polar surface area (TPSA) is 37.3 Å². The molecule has 0 aliphatic carbocycles. The van der Waals surface area contributed by atoms with Crippen LogP contribution in [0.1, 0.15) is 5.69 Å². The molecule has 17 heavy (non-hydrogen) atoms. The second-order valence-electron chi connectivity index (χ2n) is 3.25. The first-order valence-corrected chi connectivity index (χ1v) is 5.70. The van der Waals surface area contributed by atoms with Gasteiger partial charge in [-0.2, -0.15) is 5.10 Å². The molecule has 0 spiro atoms. The third-order valence-corrected chi connectivity index (χ3v) is 2.68. The highest BCUT2D eigenvalue weighted by Crippen LogP contribution is 2.11. The second kappa shape index (κ2) is 5.54. The fraction of sp³-hybridized carbons (Fsp3) is 0. The lowest BCUT2D eigenvalue weighted by atomic mass is 10.3. The third kappa shape index (κ3) is 3.35. The maximum atomic E-state index is 12.6. The number of pyridine rings is 1. The molecule has 1 aromatic carbocycles. The summed E-state index contributed by atoms with van der Waals surface area (Å²) in [6, 6.07) is 9.67. The molecule has 1 N–H and O–H groups in total. The van der Waals surface area contributed by atoms with E-state index < -0.39 is 0 Å². The number of hydrogen-bond acceptors (Lipinski definition) is 3. The molecule has 2 rings (SSSR count). The van der Waals surface area contributed by atoms with Crippen molar-refractivity contribution in [1.82, 2.24) is 4.98 Å². The van der Waals surface area contributed by atoms with Gasteiger partial charge in [-0.3, -0.25) is 10.4 Å². The molecule has 1 heterocycles. The molecule has 0 radical (unpaired) electrons. The third-order valence-electron chi connectivity index (χ3n) is 2.01. The maximum absolute atomic E-state index is 12.6. The summed E-state index contributed by atoms with van der Waals surface area (Å²) in [5, 5.41) is 4.01. The normalized spacial score (nSPS) is 10.7. The van der Waals surface area contributed by atoms with Crippen molar-refractivity contribution in [2.45, 2.75) is 0 Å². The van der Waals surface area contributed by atoms with Crippen molar-refractivity contribution in [2.75, 3.05) is 5.43 Å². The predicted molar refractivity (Wildman–Crippen MR) is 69.6 cm³/mol. The lowest BCUT2D eigenvalue weighted by Gasteiger charge is -1.99. The van der Waals surface area contributed by atoms with Gasteiger partial charge < -0.3 is 0 Å². The summed E-state index contributed by atoms with van der Waals surface area (Å²) in [6.07, 6.45) is 3.28. The van der Waals surface area contributed by atoms with Crippen molar-refractivity contribution in [3.05, 3.63) is 58.6 Å². The Morgan fingerprint density at radius 3 is 2.71 bits per heavy atom. The van der Waals surface area contributed by atoms with Crippen LogP contribution in [0.15, 0.2) is 52.2 Å². The lowest BCUT2D eigenvalue weighted by Crippen LogP contribution is -1.93. The van der Waals surface area contributed by atoms with E-state index in [9.17, 15) is 4.39 Å². The molecule has 0 fully saturated rings. The van der Waals surface area contributed by atoms with Crippen LogP contribution in [0.2, 0.25) is 0 Å². The molecule has 0 bridgehead atoms. The van der Waals surface area contributed by atoms with Crippen molar-refractivity contribution in [1.29, 1.82) is 0 Å². The zero-order valence-electron chi connectivity index (χ0n) is 8.77. The van der Waals surface area contributed by atoms with E-state index in [4.69, 9.17) is 0 Å². The maximum Gasteiger partial charge on any atom is 0.123 e. The number of nitrogens with one attached hydrogen (secondary N) is 1. The van der Waals surface area contributed by atoms with Gasteiger partial charge in [0.25, 0.3) is 0 Å². The number of rotatable bonds is 3. The summed E-state index contributed by atoms with van der Waals surface area (Å²) < 4.78 is 13.5. The van der Waals surface area contributed by atoms with Gasteiger partial charge in [-0.1, -0.05) is 0 Å². The van der Waals surface area contributed by atoms with Gasteiger partial charge in [0.1, 0.15) is 5.82 Å². The summed E-state index contributed by atoms with van der Waals surface area (Å²) in [5.41, 5.74) is 4.23. The molecular formula is C12H9BrFN3. The molecule has 2 aromatic rings. The first-order chi connectivity index (χ1) is 8.25. The number of nitrogens with zero attached hydrogens (tertiary/aromatic N) is 2. The van der Waals surface area contributed by atoms with Crippen LogP contribution in [0, 0.1) is 5.82 Å². The molecule has 86 valence electrons. The summed E-state index contributed by atoms with van der Waals surface area (Å²) in [7, 11) is 0. The monoisotopic (exact) mass is 293 g/mol. The van der Waals surface area contributed by atoms with Gasteiger partial charge in [0.2, 0.25) is 0 Å². The van der Waals surface area contributed by atoms with Crippen LogP contribution in [-0.2, 0) is 0 Å². The van der Waals surface area contributed by atoms with Crippen LogP contribution in [0.5, 0.6) is 0 Å². The summed E-state index contributed by atoms with van der Waals surface area (Å²) in [4.78, 5) is 4.13. The summed E-state index contributed by atoms with van der Waals surface area (Å²) in [6.45, 7) is 0. The number of hydrazone groups is 1. The van der Waals surface area contributed by atoms with Gasteiger partial charge in [-0.15, -0.1) is 0 Å². The highest BCUT2D eigenvalue weighted by molar-refractivity contribution is 9.10. The molecule has 0 atom stereocenters. The van der Waals surface area contributed by atoms with Crippen molar-refractivity contribution in [3.63, 3.8) is 0 Å². The minimum absolute atomic E-state index is 0.271. The van der Waals surface area contributed by atoms with Crippen LogP contribution in [-0.4, -0.2) is 11.2 Å². The Kier molecular flexibility index (Phi) is 3.82. The van der Waals surface area contributed by atoms with E-state index in [2.05, 4.69) is 31.4 Å². The molecule has 0 saturated heterocycles. The van der Waals surface area contributed by atoms with E-state index >= 15 is 0 Å². The van der Waals surface area contributed by atoms with E-state index in [0.717, 1.165) is 15.9 Å². The first-order valence-electron chi connectivity index (χ1n) is 4.91. The van der Waals surface area contributed by atoms with E-state index in [0.29, 0.717) is 0 Å². The van der Waals surface area contributed by atoms with Gasteiger partial charge in [-0.25, -0.2) is 4.39 Å². The number of anilines is 1. The van der Waals surface area contributed by atoms with Crippen molar-refractivity contribution < 1.29 is 4.39 Å². The van der Waals surface area contributed by atoms with Crippen LogP contribution in [0.3, 0.4) is 0 Å². The van der Waals surface area contributed by atoms with Crippen molar-refractivity contribution >= 4 is 27.8 Å². The summed E-state index contributed by atoms with van der Waals surface area (Å²) >= 11 is 3.36. The smallest absolute Gasteiger partial charge is 0.123 e.